The molecule has 4 rings (SSSR count). The molecule has 0 radical (unpaired) electrons. The van der Waals surface area contributed by atoms with E-state index in [1.54, 1.807) is 0 Å². The van der Waals surface area contributed by atoms with Gasteiger partial charge >= 0.3 is 0 Å². The van der Waals surface area contributed by atoms with Crippen molar-refractivity contribution in [1.82, 2.24) is 0 Å². The molecule has 0 aliphatic rings. The van der Waals surface area contributed by atoms with Crippen LogP contribution in [0.2, 0.25) is 0 Å². The molecule has 0 N–H and O–H groups in total. The number of rotatable bonds is 4. The van der Waals surface area contributed by atoms with Gasteiger partial charge in [-0.1, -0.05) is 72.8 Å². The van der Waals surface area contributed by atoms with Crippen LogP contribution in [0.15, 0.2) is 114 Å². The number of ether oxygens (including phenoxy) is 1. The molecule has 2 nitrogen and oxygen atoms in total. The molecule has 136 valence electrons. The molecule has 0 saturated carbocycles. The van der Waals surface area contributed by atoms with E-state index >= 15 is 0 Å². The summed E-state index contributed by atoms with van der Waals surface area (Å²) in [6.45, 7) is 2.03. The van der Waals surface area contributed by atoms with E-state index in [-0.39, 0.29) is 0 Å². The average molecular weight is 363 g/mol. The lowest BCUT2D eigenvalue weighted by Gasteiger charge is -2.10. The second kappa shape index (κ2) is 8.36. The maximum Gasteiger partial charge on any atom is 0.222 e. The summed E-state index contributed by atoms with van der Waals surface area (Å²) in [6.07, 6.45) is 2.11. The van der Waals surface area contributed by atoms with Crippen LogP contribution < -0.4 is 4.74 Å². The van der Waals surface area contributed by atoms with Crippen molar-refractivity contribution in [1.29, 1.82) is 0 Å². The number of hydrogen-bond donors (Lipinski definition) is 0. The highest BCUT2D eigenvalue weighted by molar-refractivity contribution is 6.00. The molecule has 2 heteroatoms. The molecule has 0 unspecified atom stereocenters. The van der Waals surface area contributed by atoms with Crippen LogP contribution in [0.3, 0.4) is 0 Å². The van der Waals surface area contributed by atoms with Crippen molar-refractivity contribution in [2.45, 2.75) is 6.92 Å². The first-order chi connectivity index (χ1) is 13.8. The second-order valence-corrected chi connectivity index (χ2v) is 6.60. The normalized spacial score (nSPS) is 12.2. The minimum absolute atomic E-state index is 0.588. The smallest absolute Gasteiger partial charge is 0.222 e. The molecule has 0 saturated heterocycles. The van der Waals surface area contributed by atoms with E-state index in [0.29, 0.717) is 5.90 Å². The van der Waals surface area contributed by atoms with Crippen LogP contribution >= 0.6 is 0 Å². The molecule has 4 aromatic carbocycles. The van der Waals surface area contributed by atoms with E-state index in [0.717, 1.165) is 22.6 Å². The molecule has 0 heterocycles. The molecule has 0 aromatic heterocycles. The summed E-state index contributed by atoms with van der Waals surface area (Å²) in [6, 6.07) is 34.4. The number of aliphatic imine (C=N–C) groups is 1. The third-order valence-corrected chi connectivity index (χ3v) is 4.44. The van der Waals surface area contributed by atoms with Crippen molar-refractivity contribution in [2.75, 3.05) is 0 Å². The van der Waals surface area contributed by atoms with Gasteiger partial charge in [0, 0.05) is 5.57 Å². The van der Waals surface area contributed by atoms with Crippen molar-refractivity contribution < 1.29 is 4.74 Å². The van der Waals surface area contributed by atoms with Crippen molar-refractivity contribution in [2.24, 2.45) is 4.99 Å². The largest absolute Gasteiger partial charge is 0.439 e. The van der Waals surface area contributed by atoms with E-state index in [1.165, 1.54) is 10.8 Å². The number of benzene rings is 4. The fourth-order valence-electron chi connectivity index (χ4n) is 3.02. The highest BCUT2D eigenvalue weighted by atomic mass is 16.5. The maximum absolute atomic E-state index is 6.12. The zero-order valence-corrected chi connectivity index (χ0v) is 15.7. The summed E-state index contributed by atoms with van der Waals surface area (Å²) >= 11 is 0. The molecular formula is C26H21NO. The monoisotopic (exact) mass is 363 g/mol. The van der Waals surface area contributed by atoms with Gasteiger partial charge in [-0.15, -0.1) is 0 Å². The van der Waals surface area contributed by atoms with Gasteiger partial charge in [0.25, 0.3) is 0 Å². The first-order valence-electron chi connectivity index (χ1n) is 9.32. The predicted octanol–water partition coefficient (Wildman–Crippen LogP) is 7.05. The summed E-state index contributed by atoms with van der Waals surface area (Å²) in [4.78, 5) is 4.74. The quantitative estimate of drug-likeness (QED) is 0.281. The Labute approximate surface area is 165 Å². The van der Waals surface area contributed by atoms with Gasteiger partial charge in [0.15, 0.2) is 0 Å². The van der Waals surface area contributed by atoms with Crippen molar-refractivity contribution >= 4 is 28.4 Å². The highest BCUT2D eigenvalue weighted by Gasteiger charge is 2.07. The van der Waals surface area contributed by atoms with Crippen LogP contribution in [0.25, 0.3) is 16.8 Å². The molecule has 28 heavy (non-hydrogen) atoms. The topological polar surface area (TPSA) is 21.6 Å². The van der Waals surface area contributed by atoms with Crippen molar-refractivity contribution in [3.8, 4) is 5.75 Å². The Morgan fingerprint density at radius 2 is 1.36 bits per heavy atom. The molecule has 0 aliphatic carbocycles. The van der Waals surface area contributed by atoms with Gasteiger partial charge in [-0.25, -0.2) is 4.99 Å². The zero-order chi connectivity index (χ0) is 19.2. The Balaban J connectivity index is 1.71. The first kappa shape index (κ1) is 17.7. The van der Waals surface area contributed by atoms with E-state index in [9.17, 15) is 0 Å². The summed E-state index contributed by atoms with van der Waals surface area (Å²) < 4.78 is 6.12. The molecule has 0 bridgehead atoms. The Bertz CT molecular complexity index is 1130. The second-order valence-electron chi connectivity index (χ2n) is 6.60. The minimum atomic E-state index is 0.588. The first-order valence-corrected chi connectivity index (χ1v) is 9.32. The van der Waals surface area contributed by atoms with E-state index in [2.05, 4.69) is 48.5 Å². The lowest BCUT2D eigenvalue weighted by Crippen LogP contribution is -2.09. The fraction of sp³-hybridized carbons (Fsp3) is 0.0385. The van der Waals surface area contributed by atoms with Gasteiger partial charge in [-0.2, -0.15) is 0 Å². The van der Waals surface area contributed by atoms with E-state index in [1.807, 2.05) is 67.6 Å². The lowest BCUT2D eigenvalue weighted by atomic mass is 10.1. The van der Waals surface area contributed by atoms with Gasteiger partial charge in [0.05, 0.1) is 5.69 Å². The van der Waals surface area contributed by atoms with Gasteiger partial charge < -0.3 is 4.74 Å². The Kier molecular flexibility index (Phi) is 5.30. The van der Waals surface area contributed by atoms with E-state index < -0.39 is 0 Å². The average Bonchev–Trinajstić information content (AvgIpc) is 2.75. The van der Waals surface area contributed by atoms with Crippen LogP contribution in [0, 0.1) is 0 Å². The number of para-hydroxylation sites is 2. The standard InChI is InChI=1S/C26H21NO/c1-20(18-21-16-17-22-10-8-9-11-23(22)19-21)26(27-24-12-4-2-5-13-24)28-25-14-6-3-7-15-25/h2-19H,1H3/b20-18+,27-26-. The van der Waals surface area contributed by atoms with Crippen molar-refractivity contribution in [3.05, 3.63) is 114 Å². The summed E-state index contributed by atoms with van der Waals surface area (Å²) in [5.74, 6) is 1.36. The zero-order valence-electron chi connectivity index (χ0n) is 15.7. The Morgan fingerprint density at radius 1 is 0.714 bits per heavy atom. The van der Waals surface area contributed by atoms with Gasteiger partial charge in [0.1, 0.15) is 5.75 Å². The lowest BCUT2D eigenvalue weighted by molar-refractivity contribution is 0.551. The summed E-state index contributed by atoms with van der Waals surface area (Å²) in [7, 11) is 0. The Hall–Kier alpha value is -3.65. The van der Waals surface area contributed by atoms with E-state index in [4.69, 9.17) is 9.73 Å². The third kappa shape index (κ3) is 4.36. The number of fused-ring (bicyclic) bond motifs is 1. The van der Waals surface area contributed by atoms with Gasteiger partial charge in [0.2, 0.25) is 5.90 Å². The fourth-order valence-corrected chi connectivity index (χ4v) is 3.02. The van der Waals surface area contributed by atoms with Gasteiger partial charge in [-0.05, 0) is 59.7 Å². The molecule has 0 atom stereocenters. The van der Waals surface area contributed by atoms with Gasteiger partial charge in [-0.3, -0.25) is 0 Å². The third-order valence-electron chi connectivity index (χ3n) is 4.44. The summed E-state index contributed by atoms with van der Waals surface area (Å²) in [5, 5.41) is 2.45. The Morgan fingerprint density at radius 3 is 2.11 bits per heavy atom. The summed E-state index contributed by atoms with van der Waals surface area (Å²) in [5.41, 5.74) is 2.94. The van der Waals surface area contributed by atoms with Crippen LogP contribution in [0.1, 0.15) is 12.5 Å². The van der Waals surface area contributed by atoms with Crippen LogP contribution in [-0.4, -0.2) is 5.90 Å². The molecule has 4 aromatic rings. The molecule has 0 amide bonds. The van der Waals surface area contributed by atoms with Crippen LogP contribution in [0.4, 0.5) is 5.69 Å². The van der Waals surface area contributed by atoms with Crippen LogP contribution in [-0.2, 0) is 0 Å². The number of hydrogen-bond acceptors (Lipinski definition) is 2. The SMILES string of the molecule is CC(=C\c1ccc2ccccc2c1)/C(=N/c1ccccc1)Oc1ccccc1. The minimum Gasteiger partial charge on any atom is -0.439 e. The number of nitrogens with zero attached hydrogens (tertiary/aromatic N) is 1. The molecular weight excluding hydrogens is 342 g/mol. The maximum atomic E-state index is 6.12. The highest BCUT2D eigenvalue weighted by Crippen LogP contribution is 2.21. The molecule has 0 spiro atoms. The van der Waals surface area contributed by atoms with Crippen molar-refractivity contribution in [3.63, 3.8) is 0 Å². The molecule has 0 aliphatic heterocycles. The molecule has 0 fully saturated rings. The predicted molar refractivity (Wildman–Crippen MR) is 118 cm³/mol. The van der Waals surface area contributed by atoms with Crippen LogP contribution in [0.5, 0.6) is 5.75 Å².